The van der Waals surface area contributed by atoms with E-state index in [0.717, 1.165) is 21.0 Å². The van der Waals surface area contributed by atoms with Crippen LogP contribution in [-0.4, -0.2) is 44.8 Å². The second-order valence-corrected chi connectivity index (χ2v) is 11.5. The topological polar surface area (TPSA) is 86.8 Å². The van der Waals surface area contributed by atoms with E-state index in [1.54, 1.807) is 31.2 Å². The van der Waals surface area contributed by atoms with E-state index in [1.807, 2.05) is 45.0 Å². The minimum Gasteiger partial charge on any atom is -0.357 e. The summed E-state index contributed by atoms with van der Waals surface area (Å²) < 4.78 is 29.0. The predicted octanol–water partition coefficient (Wildman–Crippen LogP) is 5.01. The lowest BCUT2D eigenvalue weighted by atomic mass is 10.1. The number of nitrogens with one attached hydrogen (secondary N) is 1. The first-order valence-corrected chi connectivity index (χ1v) is 14.2. The molecule has 3 aromatic rings. The molecule has 0 bridgehead atoms. The first-order chi connectivity index (χ1) is 18.0. The van der Waals surface area contributed by atoms with Crippen LogP contribution in [0, 0.1) is 20.8 Å². The molecule has 2 amide bonds. The van der Waals surface area contributed by atoms with Gasteiger partial charge in [0, 0.05) is 18.6 Å². The van der Waals surface area contributed by atoms with E-state index >= 15 is 0 Å². The Morgan fingerprint density at radius 2 is 1.61 bits per heavy atom. The molecule has 1 N–H and O–H groups in total. The van der Waals surface area contributed by atoms with Gasteiger partial charge in [0.05, 0.1) is 10.6 Å². The van der Waals surface area contributed by atoms with Crippen LogP contribution >= 0.6 is 11.6 Å². The van der Waals surface area contributed by atoms with Gasteiger partial charge < -0.3 is 10.2 Å². The molecule has 202 valence electrons. The fourth-order valence-corrected chi connectivity index (χ4v) is 5.90. The highest BCUT2D eigenvalue weighted by molar-refractivity contribution is 7.92. The van der Waals surface area contributed by atoms with Gasteiger partial charge in [-0.25, -0.2) is 8.42 Å². The molecular formula is C29H34ClN3O4S. The van der Waals surface area contributed by atoms with Crippen molar-refractivity contribution in [1.82, 2.24) is 10.2 Å². The molecule has 3 rings (SSSR count). The van der Waals surface area contributed by atoms with Gasteiger partial charge in [0.25, 0.3) is 10.0 Å². The minimum atomic E-state index is -4.15. The van der Waals surface area contributed by atoms with Gasteiger partial charge in [-0.2, -0.15) is 0 Å². The number of carbonyl (C=O) groups excluding carboxylic acids is 2. The zero-order valence-electron chi connectivity index (χ0n) is 22.4. The lowest BCUT2D eigenvalue weighted by molar-refractivity contribution is -0.140. The first kappa shape index (κ1) is 29.2. The SMILES string of the molecule is CCC(C(=O)NC)N(Cc1ccccc1C)C(=O)CN(c1cc(Cl)ccc1C)S(=O)(=O)c1ccc(C)cc1. The maximum Gasteiger partial charge on any atom is 0.264 e. The molecular weight excluding hydrogens is 522 g/mol. The van der Waals surface area contributed by atoms with Crippen molar-refractivity contribution >= 4 is 39.1 Å². The van der Waals surface area contributed by atoms with Crippen LogP contribution in [-0.2, 0) is 26.2 Å². The Labute approximate surface area is 230 Å². The summed E-state index contributed by atoms with van der Waals surface area (Å²) in [6, 6.07) is 18.2. The molecule has 0 aliphatic rings. The predicted molar refractivity (Wildman–Crippen MR) is 152 cm³/mol. The Balaban J connectivity index is 2.12. The number of sulfonamides is 1. The van der Waals surface area contributed by atoms with Crippen molar-refractivity contribution in [3.63, 3.8) is 0 Å². The summed E-state index contributed by atoms with van der Waals surface area (Å²) in [6.07, 6.45) is 0.359. The molecule has 0 saturated carbocycles. The van der Waals surface area contributed by atoms with E-state index < -0.39 is 28.5 Å². The molecule has 9 heteroatoms. The number of benzene rings is 3. The van der Waals surface area contributed by atoms with Gasteiger partial charge in [-0.1, -0.05) is 66.6 Å². The molecule has 7 nitrogen and oxygen atoms in total. The van der Waals surface area contributed by atoms with E-state index in [4.69, 9.17) is 11.6 Å². The van der Waals surface area contributed by atoms with Crippen LogP contribution < -0.4 is 9.62 Å². The average Bonchev–Trinajstić information content (AvgIpc) is 2.89. The third-order valence-electron chi connectivity index (χ3n) is 6.56. The van der Waals surface area contributed by atoms with Crippen LogP contribution in [0.25, 0.3) is 0 Å². The first-order valence-electron chi connectivity index (χ1n) is 12.4. The number of rotatable bonds is 10. The maximum atomic E-state index is 14.0. The number of hydrogen-bond donors (Lipinski definition) is 1. The van der Waals surface area contributed by atoms with Crippen molar-refractivity contribution in [2.45, 2.75) is 51.6 Å². The Kier molecular flexibility index (Phi) is 9.57. The highest BCUT2D eigenvalue weighted by Crippen LogP contribution is 2.30. The second-order valence-electron chi connectivity index (χ2n) is 9.24. The molecule has 3 aromatic carbocycles. The summed E-state index contributed by atoms with van der Waals surface area (Å²) in [5.74, 6) is -0.819. The van der Waals surface area contributed by atoms with Crippen LogP contribution in [0.4, 0.5) is 5.69 Å². The third-order valence-corrected chi connectivity index (χ3v) is 8.57. The van der Waals surface area contributed by atoms with Crippen molar-refractivity contribution in [1.29, 1.82) is 0 Å². The highest BCUT2D eigenvalue weighted by atomic mass is 35.5. The molecule has 0 spiro atoms. The van der Waals surface area contributed by atoms with E-state index in [1.165, 1.54) is 30.1 Å². The largest absolute Gasteiger partial charge is 0.357 e. The standard InChI is InChI=1S/C29H34ClN3O4S/c1-6-26(29(35)31-5)32(18-23-10-8-7-9-21(23)3)28(34)19-33(27-17-24(30)14-13-22(27)4)38(36,37)25-15-11-20(2)12-16-25/h7-17,26H,6,18-19H2,1-5H3,(H,31,35). The molecule has 0 aliphatic carbocycles. The maximum absolute atomic E-state index is 14.0. The molecule has 0 aliphatic heterocycles. The van der Waals surface area contributed by atoms with Gasteiger partial charge in [-0.15, -0.1) is 0 Å². The molecule has 1 unspecified atom stereocenters. The Bertz CT molecular complexity index is 1410. The number of hydrogen-bond acceptors (Lipinski definition) is 4. The number of carbonyl (C=O) groups is 2. The number of amides is 2. The van der Waals surface area contributed by atoms with Gasteiger partial charge in [0.15, 0.2) is 0 Å². The number of halogens is 1. The zero-order chi connectivity index (χ0) is 28.0. The number of likely N-dealkylation sites (N-methyl/N-ethyl adjacent to an activating group) is 1. The third kappa shape index (κ3) is 6.55. The quantitative estimate of drug-likeness (QED) is 0.381. The minimum absolute atomic E-state index is 0.0547. The Morgan fingerprint density at radius 1 is 0.947 bits per heavy atom. The summed E-state index contributed by atoms with van der Waals surface area (Å²) in [6.45, 7) is 7.04. The summed E-state index contributed by atoms with van der Waals surface area (Å²) in [4.78, 5) is 28.3. The van der Waals surface area contributed by atoms with E-state index in [9.17, 15) is 18.0 Å². The molecule has 0 fully saturated rings. The molecule has 0 saturated heterocycles. The monoisotopic (exact) mass is 555 g/mol. The normalized spacial score (nSPS) is 12.1. The van der Waals surface area contributed by atoms with Gasteiger partial charge in [0.1, 0.15) is 12.6 Å². The smallest absolute Gasteiger partial charge is 0.264 e. The molecule has 0 aromatic heterocycles. The van der Waals surface area contributed by atoms with Crippen molar-refractivity contribution in [2.24, 2.45) is 0 Å². The Hall–Kier alpha value is -3.36. The molecule has 38 heavy (non-hydrogen) atoms. The Morgan fingerprint density at radius 3 is 2.21 bits per heavy atom. The second kappa shape index (κ2) is 12.5. The molecule has 0 heterocycles. The summed E-state index contributed by atoms with van der Waals surface area (Å²) in [5, 5.41) is 2.98. The number of nitrogens with zero attached hydrogens (tertiary/aromatic N) is 2. The van der Waals surface area contributed by atoms with Crippen molar-refractivity contribution in [3.8, 4) is 0 Å². The van der Waals surface area contributed by atoms with Crippen LogP contribution in [0.15, 0.2) is 71.6 Å². The van der Waals surface area contributed by atoms with Crippen molar-refractivity contribution in [2.75, 3.05) is 17.9 Å². The summed E-state index contributed by atoms with van der Waals surface area (Å²) in [5.41, 5.74) is 3.69. The molecule has 1 atom stereocenters. The van der Waals surface area contributed by atoms with Gasteiger partial charge in [-0.3, -0.25) is 13.9 Å². The number of anilines is 1. The zero-order valence-corrected chi connectivity index (χ0v) is 23.9. The van der Waals surface area contributed by atoms with Crippen LogP contribution in [0.1, 0.15) is 35.6 Å². The fourth-order valence-electron chi connectivity index (χ4n) is 4.26. The van der Waals surface area contributed by atoms with E-state index in [-0.39, 0.29) is 17.3 Å². The van der Waals surface area contributed by atoms with Gasteiger partial charge in [0.2, 0.25) is 11.8 Å². The lowest BCUT2D eigenvalue weighted by Crippen LogP contribution is -2.52. The van der Waals surface area contributed by atoms with Crippen LogP contribution in [0.2, 0.25) is 5.02 Å². The molecule has 0 radical (unpaired) electrons. The highest BCUT2D eigenvalue weighted by Gasteiger charge is 2.34. The lowest BCUT2D eigenvalue weighted by Gasteiger charge is -2.33. The fraction of sp³-hybridized carbons (Fsp3) is 0.310. The average molecular weight is 556 g/mol. The van der Waals surface area contributed by atoms with Crippen molar-refractivity contribution < 1.29 is 18.0 Å². The summed E-state index contributed by atoms with van der Waals surface area (Å²) >= 11 is 6.27. The van der Waals surface area contributed by atoms with Crippen molar-refractivity contribution in [3.05, 3.63) is 94.0 Å². The van der Waals surface area contributed by atoms with E-state index in [2.05, 4.69) is 5.32 Å². The van der Waals surface area contributed by atoms with Gasteiger partial charge in [-0.05, 0) is 68.1 Å². The van der Waals surface area contributed by atoms with Crippen LogP contribution in [0.3, 0.4) is 0 Å². The summed E-state index contributed by atoms with van der Waals surface area (Å²) in [7, 11) is -2.63. The van der Waals surface area contributed by atoms with E-state index in [0.29, 0.717) is 22.7 Å². The van der Waals surface area contributed by atoms with Gasteiger partial charge >= 0.3 is 0 Å². The van der Waals surface area contributed by atoms with Crippen LogP contribution in [0.5, 0.6) is 0 Å². The number of aryl methyl sites for hydroxylation is 3.